The summed E-state index contributed by atoms with van der Waals surface area (Å²) in [5.74, 6) is 1.05. The third-order valence-electron chi connectivity index (χ3n) is 5.35. The minimum Gasteiger partial charge on any atom is -0.493 e. The zero-order valence-electron chi connectivity index (χ0n) is 15.2. The number of hydrogen-bond donors (Lipinski definition) is 1. The van der Waals surface area contributed by atoms with Crippen molar-refractivity contribution in [2.45, 2.75) is 25.8 Å². The van der Waals surface area contributed by atoms with Crippen molar-refractivity contribution in [3.8, 4) is 5.75 Å². The summed E-state index contributed by atoms with van der Waals surface area (Å²) in [5, 5.41) is 0. The summed E-state index contributed by atoms with van der Waals surface area (Å²) in [7, 11) is 0. The Hall–Kier alpha value is -2.59. The molecule has 0 radical (unpaired) electrons. The van der Waals surface area contributed by atoms with Crippen molar-refractivity contribution in [2.75, 3.05) is 19.7 Å². The Morgan fingerprint density at radius 2 is 2.00 bits per heavy atom. The number of ether oxygens (including phenoxy) is 1. The van der Waals surface area contributed by atoms with Crippen molar-refractivity contribution in [1.82, 2.24) is 4.90 Å². The first-order valence-electron chi connectivity index (χ1n) is 9.28. The van der Waals surface area contributed by atoms with Gasteiger partial charge in [0.15, 0.2) is 0 Å². The molecule has 2 aromatic carbocycles. The third kappa shape index (κ3) is 3.37. The zero-order chi connectivity index (χ0) is 17.9. The first-order valence-corrected chi connectivity index (χ1v) is 9.28. The normalized spacial score (nSPS) is 21.6. The molecule has 2 heterocycles. The summed E-state index contributed by atoms with van der Waals surface area (Å²) in [6.07, 6.45) is 3.64. The molecule has 4 rings (SSSR count). The van der Waals surface area contributed by atoms with Gasteiger partial charge in [0.1, 0.15) is 5.75 Å². The molecule has 2 aliphatic rings. The monoisotopic (exact) mass is 347 g/mol. The molecule has 2 aliphatic heterocycles. The summed E-state index contributed by atoms with van der Waals surface area (Å²) in [6, 6.07) is 17.0. The highest BCUT2D eigenvalue weighted by Crippen LogP contribution is 2.32. The molecule has 0 bridgehead atoms. The number of rotatable bonds is 3. The molecule has 1 atom stereocenters. The van der Waals surface area contributed by atoms with Gasteiger partial charge in [-0.05, 0) is 36.2 Å². The van der Waals surface area contributed by atoms with Crippen molar-refractivity contribution >= 4 is 11.4 Å². The van der Waals surface area contributed by atoms with E-state index in [-0.39, 0.29) is 0 Å². The maximum Gasteiger partial charge on any atom is 0.122 e. The van der Waals surface area contributed by atoms with E-state index in [4.69, 9.17) is 15.5 Å². The van der Waals surface area contributed by atoms with Crippen molar-refractivity contribution < 1.29 is 4.74 Å². The predicted molar refractivity (Wildman–Crippen MR) is 106 cm³/mol. The van der Waals surface area contributed by atoms with Crippen molar-refractivity contribution in [2.24, 2.45) is 10.7 Å². The van der Waals surface area contributed by atoms with Gasteiger partial charge in [-0.15, -0.1) is 0 Å². The molecule has 2 N–H and O–H groups in total. The molecule has 4 nitrogen and oxygen atoms in total. The molecular weight excluding hydrogens is 322 g/mol. The standard InChI is InChI=1S/C22H25N3O/c1-16(18-8-7-17-10-12-26-22(17)13-18)25-11-9-21(19(14-23)15-25)24-20-5-3-2-4-6-20/h2-8,13-14,16H,9-12,15,23H2,1H3. The molecule has 1 saturated heterocycles. The van der Waals surface area contributed by atoms with Crippen LogP contribution in [0.15, 0.2) is 65.3 Å². The Morgan fingerprint density at radius 3 is 2.81 bits per heavy atom. The lowest BCUT2D eigenvalue weighted by Crippen LogP contribution is -2.38. The Balaban J connectivity index is 1.51. The van der Waals surface area contributed by atoms with Crippen LogP contribution in [0.25, 0.3) is 0 Å². The van der Waals surface area contributed by atoms with E-state index in [1.807, 2.05) is 30.3 Å². The summed E-state index contributed by atoms with van der Waals surface area (Å²) < 4.78 is 5.73. The second-order valence-electron chi connectivity index (χ2n) is 6.95. The van der Waals surface area contributed by atoms with E-state index in [1.54, 1.807) is 6.20 Å². The summed E-state index contributed by atoms with van der Waals surface area (Å²) >= 11 is 0. The second-order valence-corrected chi connectivity index (χ2v) is 6.95. The zero-order valence-corrected chi connectivity index (χ0v) is 15.2. The number of fused-ring (bicyclic) bond motifs is 1. The van der Waals surface area contributed by atoms with E-state index >= 15 is 0 Å². The van der Waals surface area contributed by atoms with Gasteiger partial charge in [0.2, 0.25) is 0 Å². The van der Waals surface area contributed by atoms with Gasteiger partial charge in [-0.2, -0.15) is 0 Å². The molecule has 0 aliphatic carbocycles. The molecule has 0 saturated carbocycles. The fourth-order valence-corrected chi connectivity index (χ4v) is 3.72. The number of para-hydroxylation sites is 1. The van der Waals surface area contributed by atoms with E-state index in [0.29, 0.717) is 6.04 Å². The summed E-state index contributed by atoms with van der Waals surface area (Å²) in [4.78, 5) is 7.26. The predicted octanol–water partition coefficient (Wildman–Crippen LogP) is 4.00. The van der Waals surface area contributed by atoms with E-state index in [2.05, 4.69) is 30.0 Å². The number of benzene rings is 2. The van der Waals surface area contributed by atoms with Gasteiger partial charge in [0.25, 0.3) is 0 Å². The van der Waals surface area contributed by atoms with Crippen LogP contribution in [-0.2, 0) is 6.42 Å². The van der Waals surface area contributed by atoms with Gasteiger partial charge in [-0.25, -0.2) is 0 Å². The maximum absolute atomic E-state index is 5.93. The fourth-order valence-electron chi connectivity index (χ4n) is 3.72. The van der Waals surface area contributed by atoms with Crippen LogP contribution in [0, 0.1) is 0 Å². The average molecular weight is 347 g/mol. The number of hydrogen-bond acceptors (Lipinski definition) is 4. The van der Waals surface area contributed by atoms with Crippen molar-refractivity contribution in [1.29, 1.82) is 0 Å². The molecular formula is C22H25N3O. The highest BCUT2D eigenvalue weighted by atomic mass is 16.5. The largest absolute Gasteiger partial charge is 0.493 e. The fraction of sp³-hybridized carbons (Fsp3) is 0.318. The van der Waals surface area contributed by atoms with Gasteiger partial charge in [0.05, 0.1) is 12.3 Å². The Bertz CT molecular complexity index is 842. The van der Waals surface area contributed by atoms with Gasteiger partial charge in [0, 0.05) is 49.5 Å². The first-order chi connectivity index (χ1) is 12.7. The summed E-state index contributed by atoms with van der Waals surface area (Å²) in [6.45, 7) is 4.85. The van der Waals surface area contributed by atoms with Crippen LogP contribution in [0.2, 0.25) is 0 Å². The minimum absolute atomic E-state index is 0.317. The SMILES string of the molecule is CC(c1ccc2c(c1)OCC2)N1CCC(=Nc2ccccc2)C(=CN)C1. The topological polar surface area (TPSA) is 50.8 Å². The van der Waals surface area contributed by atoms with E-state index < -0.39 is 0 Å². The van der Waals surface area contributed by atoms with Crippen LogP contribution in [0.5, 0.6) is 5.75 Å². The van der Waals surface area contributed by atoms with E-state index in [0.717, 1.165) is 55.3 Å². The molecule has 2 aromatic rings. The van der Waals surface area contributed by atoms with Crippen LogP contribution in [-0.4, -0.2) is 30.3 Å². The van der Waals surface area contributed by atoms with Crippen LogP contribution in [0.3, 0.4) is 0 Å². The Kier molecular flexibility index (Phi) is 4.76. The minimum atomic E-state index is 0.317. The summed E-state index contributed by atoms with van der Waals surface area (Å²) in [5.41, 5.74) is 11.7. The first kappa shape index (κ1) is 16.9. The lowest BCUT2D eigenvalue weighted by Gasteiger charge is -2.34. The van der Waals surface area contributed by atoms with Crippen LogP contribution in [0.1, 0.15) is 30.5 Å². The molecule has 0 amide bonds. The highest BCUT2D eigenvalue weighted by Gasteiger charge is 2.25. The molecule has 0 aromatic heterocycles. The van der Waals surface area contributed by atoms with Crippen LogP contribution >= 0.6 is 0 Å². The molecule has 1 fully saturated rings. The Morgan fingerprint density at radius 1 is 1.15 bits per heavy atom. The number of piperidine rings is 1. The van der Waals surface area contributed by atoms with E-state index in [9.17, 15) is 0 Å². The van der Waals surface area contributed by atoms with Crippen molar-refractivity contribution in [3.63, 3.8) is 0 Å². The molecule has 134 valence electrons. The molecule has 0 spiro atoms. The lowest BCUT2D eigenvalue weighted by molar-refractivity contribution is 0.229. The smallest absolute Gasteiger partial charge is 0.122 e. The maximum atomic E-state index is 5.93. The second kappa shape index (κ2) is 7.34. The van der Waals surface area contributed by atoms with Gasteiger partial charge in [-0.3, -0.25) is 9.89 Å². The van der Waals surface area contributed by atoms with Gasteiger partial charge < -0.3 is 10.5 Å². The number of aliphatic imine (C=N–C) groups is 1. The lowest BCUT2D eigenvalue weighted by atomic mass is 9.97. The van der Waals surface area contributed by atoms with Gasteiger partial charge in [-0.1, -0.05) is 30.3 Å². The van der Waals surface area contributed by atoms with Crippen LogP contribution < -0.4 is 10.5 Å². The average Bonchev–Trinajstić information content (AvgIpc) is 3.16. The highest BCUT2D eigenvalue weighted by molar-refractivity contribution is 6.02. The number of likely N-dealkylation sites (tertiary alicyclic amines) is 1. The number of nitrogens with zero attached hydrogens (tertiary/aromatic N) is 2. The molecule has 1 unspecified atom stereocenters. The number of nitrogens with two attached hydrogens (primary N) is 1. The van der Waals surface area contributed by atoms with E-state index in [1.165, 1.54) is 11.1 Å². The molecule has 26 heavy (non-hydrogen) atoms. The Labute approximate surface area is 155 Å². The van der Waals surface area contributed by atoms with Gasteiger partial charge >= 0.3 is 0 Å². The third-order valence-corrected chi connectivity index (χ3v) is 5.35. The van der Waals surface area contributed by atoms with Crippen molar-refractivity contribution in [3.05, 3.63) is 71.4 Å². The quantitative estimate of drug-likeness (QED) is 0.913. The van der Waals surface area contributed by atoms with Crippen LogP contribution in [0.4, 0.5) is 5.69 Å². The molecule has 4 heteroatoms.